The molecule has 12 nitrogen and oxygen atoms in total. The average molecular weight is 635 g/mol. The Morgan fingerprint density at radius 1 is 0.438 bits per heavy atom. The van der Waals surface area contributed by atoms with E-state index in [-0.39, 0.29) is 11.4 Å². The van der Waals surface area contributed by atoms with Crippen molar-refractivity contribution in [2.45, 2.75) is 0 Å². The summed E-state index contributed by atoms with van der Waals surface area (Å²) in [5, 5.41) is 22.5. The normalized spacial score (nSPS) is 11.0. The van der Waals surface area contributed by atoms with Crippen molar-refractivity contribution in [3.05, 3.63) is 142 Å². The van der Waals surface area contributed by atoms with Crippen LogP contribution in [0.15, 0.2) is 121 Å². The second-order valence-electron chi connectivity index (χ2n) is 11.0. The quantitative estimate of drug-likeness (QED) is 0.0730. The zero-order chi connectivity index (χ0) is 33.4. The van der Waals surface area contributed by atoms with Crippen molar-refractivity contribution < 1.29 is 9.85 Å². The highest BCUT2D eigenvalue weighted by molar-refractivity contribution is 5.84. The molecule has 0 spiro atoms. The standard InChI is InChI=1S/C36H26N8O4/c37-27-13-5-21(6-14-27)31-32(22-7-15-28(38)16-8-22)40-35(39-31)25-1-3-26(4-2-25)36-41-33(23-9-17-29(18-10-23)43(45)46)34(42-36)24-11-19-30(20-12-24)44(47)48/h1-20H,37-38H2,(H,39,40)(H,41,42). The van der Waals surface area contributed by atoms with Crippen molar-refractivity contribution in [1.29, 1.82) is 0 Å². The van der Waals surface area contributed by atoms with Gasteiger partial charge in [-0.05, 0) is 48.5 Å². The smallest absolute Gasteiger partial charge is 0.269 e. The van der Waals surface area contributed by atoms with Gasteiger partial charge in [0.15, 0.2) is 0 Å². The lowest BCUT2D eigenvalue weighted by Crippen LogP contribution is -1.89. The molecule has 0 aliphatic heterocycles. The third-order valence-corrected chi connectivity index (χ3v) is 7.94. The molecular formula is C36H26N8O4. The minimum Gasteiger partial charge on any atom is -0.399 e. The molecule has 2 aromatic heterocycles. The number of non-ortho nitro benzene ring substituents is 2. The first-order valence-electron chi connectivity index (χ1n) is 14.8. The fourth-order valence-electron chi connectivity index (χ4n) is 5.42. The third-order valence-electron chi connectivity index (χ3n) is 7.94. The van der Waals surface area contributed by atoms with Crippen LogP contribution in [0.25, 0.3) is 67.8 Å². The predicted molar refractivity (Wildman–Crippen MR) is 185 cm³/mol. The number of benzene rings is 5. The highest BCUT2D eigenvalue weighted by Crippen LogP contribution is 2.37. The van der Waals surface area contributed by atoms with E-state index >= 15 is 0 Å². The van der Waals surface area contributed by atoms with Crippen molar-refractivity contribution in [2.24, 2.45) is 0 Å². The molecule has 12 heteroatoms. The van der Waals surface area contributed by atoms with Gasteiger partial charge < -0.3 is 21.4 Å². The number of aromatic nitrogens is 4. The Balaban J connectivity index is 1.27. The Kier molecular flexibility index (Phi) is 7.42. The van der Waals surface area contributed by atoms with Crippen LogP contribution in [0.4, 0.5) is 22.7 Å². The zero-order valence-electron chi connectivity index (χ0n) is 25.1. The van der Waals surface area contributed by atoms with Crippen molar-refractivity contribution in [3.8, 4) is 67.8 Å². The summed E-state index contributed by atoms with van der Waals surface area (Å²) in [7, 11) is 0. The second kappa shape index (κ2) is 12.0. The first-order valence-corrected chi connectivity index (χ1v) is 14.8. The molecule has 6 N–H and O–H groups in total. The number of nitrogen functional groups attached to an aromatic ring is 2. The molecule has 7 aromatic rings. The number of anilines is 2. The van der Waals surface area contributed by atoms with Crippen molar-refractivity contribution in [2.75, 3.05) is 11.5 Å². The van der Waals surface area contributed by atoms with Gasteiger partial charge in [0.25, 0.3) is 11.4 Å². The van der Waals surface area contributed by atoms with Crippen LogP contribution in [-0.2, 0) is 0 Å². The van der Waals surface area contributed by atoms with Crippen molar-refractivity contribution in [3.63, 3.8) is 0 Å². The number of rotatable bonds is 8. The van der Waals surface area contributed by atoms with Crippen LogP contribution in [0.5, 0.6) is 0 Å². The summed E-state index contributed by atoms with van der Waals surface area (Å²) in [5.41, 5.74) is 20.7. The van der Waals surface area contributed by atoms with E-state index in [1.54, 1.807) is 24.3 Å². The topological polar surface area (TPSA) is 196 Å². The number of nitrogens with zero attached hydrogens (tertiary/aromatic N) is 4. The molecular weight excluding hydrogens is 608 g/mol. The number of nitrogens with one attached hydrogen (secondary N) is 2. The fourth-order valence-corrected chi connectivity index (χ4v) is 5.42. The monoisotopic (exact) mass is 634 g/mol. The van der Waals surface area contributed by atoms with Crippen LogP contribution in [-0.4, -0.2) is 29.8 Å². The zero-order valence-corrected chi connectivity index (χ0v) is 25.1. The van der Waals surface area contributed by atoms with Gasteiger partial charge in [0, 0.05) is 69.0 Å². The summed E-state index contributed by atoms with van der Waals surface area (Å²) in [6.07, 6.45) is 0. The van der Waals surface area contributed by atoms with E-state index < -0.39 is 9.85 Å². The lowest BCUT2D eigenvalue weighted by molar-refractivity contribution is -0.385. The number of imidazole rings is 2. The summed E-state index contributed by atoms with van der Waals surface area (Å²) < 4.78 is 0. The summed E-state index contributed by atoms with van der Waals surface area (Å²) in [5.74, 6) is 1.21. The van der Waals surface area contributed by atoms with E-state index in [1.165, 1.54) is 24.3 Å². The molecule has 48 heavy (non-hydrogen) atoms. The molecule has 0 saturated carbocycles. The largest absolute Gasteiger partial charge is 0.399 e. The molecule has 0 fully saturated rings. The van der Waals surface area contributed by atoms with E-state index in [2.05, 4.69) is 9.97 Å². The Morgan fingerprint density at radius 3 is 1.08 bits per heavy atom. The number of H-pyrrole nitrogens is 2. The molecule has 0 radical (unpaired) electrons. The maximum atomic E-state index is 11.2. The van der Waals surface area contributed by atoms with Crippen molar-refractivity contribution >= 4 is 22.7 Å². The summed E-state index contributed by atoms with van der Waals surface area (Å²) in [4.78, 5) is 38.3. The molecule has 0 unspecified atom stereocenters. The number of nitro groups is 2. The lowest BCUT2D eigenvalue weighted by atomic mass is 10.0. The number of nitro benzene ring substituents is 2. The first-order chi connectivity index (χ1) is 23.2. The summed E-state index contributed by atoms with van der Waals surface area (Å²) in [6, 6.07) is 35.0. The summed E-state index contributed by atoms with van der Waals surface area (Å²) >= 11 is 0. The van der Waals surface area contributed by atoms with E-state index in [9.17, 15) is 20.2 Å². The van der Waals surface area contributed by atoms with E-state index in [1.807, 2.05) is 72.8 Å². The first kappa shape index (κ1) is 29.6. The Bertz CT molecular complexity index is 2140. The molecule has 5 aromatic carbocycles. The SMILES string of the molecule is Nc1ccc(-c2nc(-c3ccc(-c4nc(-c5ccc([N+](=O)[O-])cc5)c(-c5ccc([N+](=O)[O-])cc5)[nH]4)cc3)[nH]c2-c2ccc(N)cc2)cc1. The molecule has 0 amide bonds. The molecule has 2 heterocycles. The third kappa shape index (κ3) is 5.72. The van der Waals surface area contributed by atoms with Crippen LogP contribution in [0, 0.1) is 20.2 Å². The van der Waals surface area contributed by atoms with Gasteiger partial charge in [-0.15, -0.1) is 0 Å². The van der Waals surface area contributed by atoms with Gasteiger partial charge in [-0.25, -0.2) is 9.97 Å². The van der Waals surface area contributed by atoms with Crippen LogP contribution in [0.1, 0.15) is 0 Å². The lowest BCUT2D eigenvalue weighted by Gasteiger charge is -2.04. The van der Waals surface area contributed by atoms with Crippen LogP contribution >= 0.6 is 0 Å². The van der Waals surface area contributed by atoms with Gasteiger partial charge in [0.05, 0.1) is 32.6 Å². The van der Waals surface area contributed by atoms with Gasteiger partial charge in [-0.2, -0.15) is 0 Å². The Hall–Kier alpha value is -7.08. The highest BCUT2D eigenvalue weighted by atomic mass is 16.6. The molecule has 0 bridgehead atoms. The Morgan fingerprint density at radius 2 is 0.729 bits per heavy atom. The molecule has 0 atom stereocenters. The van der Waals surface area contributed by atoms with Gasteiger partial charge in [0.1, 0.15) is 11.6 Å². The maximum absolute atomic E-state index is 11.2. The number of aromatic amines is 2. The summed E-state index contributed by atoms with van der Waals surface area (Å²) in [6.45, 7) is 0. The minimum absolute atomic E-state index is 0.0389. The van der Waals surface area contributed by atoms with Crippen molar-refractivity contribution in [1.82, 2.24) is 19.9 Å². The highest BCUT2D eigenvalue weighted by Gasteiger charge is 2.19. The van der Waals surface area contributed by atoms with Crippen LogP contribution in [0.2, 0.25) is 0 Å². The van der Waals surface area contributed by atoms with Gasteiger partial charge in [-0.1, -0.05) is 48.5 Å². The molecule has 7 rings (SSSR count). The molecule has 0 aliphatic rings. The van der Waals surface area contributed by atoms with E-state index in [0.29, 0.717) is 45.5 Å². The number of hydrogen-bond acceptors (Lipinski definition) is 8. The average Bonchev–Trinajstić information content (AvgIpc) is 3.75. The number of hydrogen-bond donors (Lipinski definition) is 4. The molecule has 0 aliphatic carbocycles. The van der Waals surface area contributed by atoms with Crippen LogP contribution < -0.4 is 11.5 Å². The van der Waals surface area contributed by atoms with Gasteiger partial charge in [0.2, 0.25) is 0 Å². The maximum Gasteiger partial charge on any atom is 0.269 e. The van der Waals surface area contributed by atoms with E-state index in [0.717, 1.165) is 33.6 Å². The van der Waals surface area contributed by atoms with Crippen LogP contribution in [0.3, 0.4) is 0 Å². The molecule has 0 saturated heterocycles. The molecule has 234 valence electrons. The predicted octanol–water partition coefficient (Wildman–Crippen LogP) is 8.12. The fraction of sp³-hybridized carbons (Fsp3) is 0. The van der Waals surface area contributed by atoms with Gasteiger partial charge >= 0.3 is 0 Å². The Labute approximate surface area is 273 Å². The van der Waals surface area contributed by atoms with Gasteiger partial charge in [-0.3, -0.25) is 20.2 Å². The number of nitrogens with two attached hydrogens (primary N) is 2. The second-order valence-corrected chi connectivity index (χ2v) is 11.0. The minimum atomic E-state index is -0.463. The van der Waals surface area contributed by atoms with E-state index in [4.69, 9.17) is 21.4 Å².